The summed E-state index contributed by atoms with van der Waals surface area (Å²) < 4.78 is 5.73. The molecule has 0 fully saturated rings. The first-order valence-electron chi connectivity index (χ1n) is 9.08. The van der Waals surface area contributed by atoms with Crippen molar-refractivity contribution in [1.29, 1.82) is 0 Å². The van der Waals surface area contributed by atoms with Crippen molar-refractivity contribution in [3.05, 3.63) is 70.9 Å². The van der Waals surface area contributed by atoms with Gasteiger partial charge in [-0.1, -0.05) is 38.4 Å². The van der Waals surface area contributed by atoms with Gasteiger partial charge in [0.05, 0.1) is 11.2 Å². The summed E-state index contributed by atoms with van der Waals surface area (Å²) in [6.45, 7) is 7.79. The van der Waals surface area contributed by atoms with Crippen LogP contribution < -0.4 is 10.1 Å². The van der Waals surface area contributed by atoms with Gasteiger partial charge >= 0.3 is 0 Å². The maximum atomic E-state index is 12.5. The SMILES string of the molecule is CC.CCc1cccc(NC(=O)c2cc(Oc3cncc(Cl)c3)cc(C)n2)n1. The number of aryl methyl sites for hydroxylation is 2. The lowest BCUT2D eigenvalue weighted by Gasteiger charge is -2.09. The minimum absolute atomic E-state index is 0.235. The van der Waals surface area contributed by atoms with Crippen LogP contribution in [0.2, 0.25) is 5.02 Å². The van der Waals surface area contributed by atoms with Crippen molar-refractivity contribution in [3.63, 3.8) is 0 Å². The summed E-state index contributed by atoms with van der Waals surface area (Å²) in [4.78, 5) is 25.1. The Balaban J connectivity index is 0.00000136. The van der Waals surface area contributed by atoms with Gasteiger partial charge in [-0.15, -0.1) is 0 Å². The molecule has 28 heavy (non-hydrogen) atoms. The number of amides is 1. The fourth-order valence-electron chi connectivity index (χ4n) is 2.32. The van der Waals surface area contributed by atoms with Crippen LogP contribution in [0.1, 0.15) is 42.6 Å². The second-order valence-corrected chi connectivity index (χ2v) is 6.03. The van der Waals surface area contributed by atoms with Crippen molar-refractivity contribution in [2.45, 2.75) is 34.1 Å². The van der Waals surface area contributed by atoms with Crippen molar-refractivity contribution in [2.75, 3.05) is 5.32 Å². The van der Waals surface area contributed by atoms with E-state index in [0.29, 0.717) is 28.0 Å². The van der Waals surface area contributed by atoms with Gasteiger partial charge in [0.25, 0.3) is 5.91 Å². The van der Waals surface area contributed by atoms with E-state index in [9.17, 15) is 4.79 Å². The highest BCUT2D eigenvalue weighted by Gasteiger charge is 2.12. The molecule has 3 heterocycles. The minimum atomic E-state index is -0.358. The molecule has 0 saturated carbocycles. The molecule has 0 aliphatic carbocycles. The van der Waals surface area contributed by atoms with Gasteiger partial charge in [-0.25, -0.2) is 9.97 Å². The van der Waals surface area contributed by atoms with Crippen LogP contribution in [0.25, 0.3) is 0 Å². The van der Waals surface area contributed by atoms with Crippen molar-refractivity contribution < 1.29 is 9.53 Å². The summed E-state index contributed by atoms with van der Waals surface area (Å²) in [6.07, 6.45) is 3.85. The molecule has 0 bridgehead atoms. The molecule has 3 aromatic rings. The van der Waals surface area contributed by atoms with E-state index >= 15 is 0 Å². The van der Waals surface area contributed by atoms with E-state index in [1.54, 1.807) is 37.4 Å². The average Bonchev–Trinajstić information content (AvgIpc) is 2.69. The van der Waals surface area contributed by atoms with Crippen LogP contribution in [0.5, 0.6) is 11.5 Å². The highest BCUT2D eigenvalue weighted by atomic mass is 35.5. The zero-order valence-electron chi connectivity index (χ0n) is 16.4. The highest BCUT2D eigenvalue weighted by molar-refractivity contribution is 6.30. The topological polar surface area (TPSA) is 77.0 Å². The summed E-state index contributed by atoms with van der Waals surface area (Å²) in [5, 5.41) is 3.22. The van der Waals surface area contributed by atoms with E-state index < -0.39 is 0 Å². The zero-order valence-corrected chi connectivity index (χ0v) is 17.1. The Labute approximate surface area is 170 Å². The molecule has 1 N–H and O–H groups in total. The zero-order chi connectivity index (χ0) is 20.5. The number of hydrogen-bond donors (Lipinski definition) is 1. The molecule has 0 atom stereocenters. The number of halogens is 1. The first kappa shape index (κ1) is 21.3. The third kappa shape index (κ3) is 6.03. The molecule has 0 aromatic carbocycles. The van der Waals surface area contributed by atoms with Gasteiger partial charge in [0.2, 0.25) is 0 Å². The van der Waals surface area contributed by atoms with Crippen LogP contribution in [0.15, 0.2) is 48.8 Å². The van der Waals surface area contributed by atoms with Crippen LogP contribution >= 0.6 is 11.6 Å². The standard InChI is InChI=1S/C19H17ClN4O2.C2H6/c1-3-14-5-4-6-18(23-14)24-19(25)17-9-15(7-12(2)22-17)26-16-8-13(20)10-21-11-16;1-2/h4-11H,3H2,1-2H3,(H,23,24,25);1-2H3. The number of hydrogen-bond acceptors (Lipinski definition) is 5. The van der Waals surface area contributed by atoms with Gasteiger partial charge in [-0.2, -0.15) is 0 Å². The van der Waals surface area contributed by atoms with Gasteiger partial charge in [0, 0.05) is 35.8 Å². The monoisotopic (exact) mass is 398 g/mol. The number of rotatable bonds is 5. The molecule has 0 aliphatic rings. The fraction of sp³-hybridized carbons (Fsp3) is 0.238. The van der Waals surface area contributed by atoms with Crippen molar-refractivity contribution >= 4 is 23.3 Å². The van der Waals surface area contributed by atoms with Gasteiger partial charge < -0.3 is 10.1 Å². The van der Waals surface area contributed by atoms with Crippen LogP contribution in [-0.4, -0.2) is 20.9 Å². The van der Waals surface area contributed by atoms with Gasteiger partial charge in [-0.05, 0) is 25.5 Å². The number of anilines is 1. The van der Waals surface area contributed by atoms with Crippen molar-refractivity contribution in [2.24, 2.45) is 0 Å². The first-order chi connectivity index (χ1) is 13.5. The number of pyridine rings is 3. The lowest BCUT2D eigenvalue weighted by molar-refractivity contribution is 0.102. The van der Waals surface area contributed by atoms with E-state index in [0.717, 1.165) is 12.1 Å². The molecular weight excluding hydrogens is 376 g/mol. The molecular formula is C21H23ClN4O2. The number of carbonyl (C=O) groups excluding carboxylic acids is 1. The van der Waals surface area contributed by atoms with Gasteiger partial charge in [0.1, 0.15) is 23.0 Å². The molecule has 7 heteroatoms. The highest BCUT2D eigenvalue weighted by Crippen LogP contribution is 2.24. The van der Waals surface area contributed by atoms with Crippen LogP contribution in [0.3, 0.4) is 0 Å². The summed E-state index contributed by atoms with van der Waals surface area (Å²) in [6, 6.07) is 10.4. The summed E-state index contributed by atoms with van der Waals surface area (Å²) in [5.41, 5.74) is 1.79. The Morgan fingerprint density at radius 1 is 1.11 bits per heavy atom. The van der Waals surface area contributed by atoms with E-state index in [1.165, 1.54) is 6.20 Å². The van der Waals surface area contributed by atoms with Gasteiger partial charge in [-0.3, -0.25) is 9.78 Å². The average molecular weight is 399 g/mol. The van der Waals surface area contributed by atoms with Gasteiger partial charge in [0.15, 0.2) is 0 Å². The minimum Gasteiger partial charge on any atom is -0.456 e. The predicted octanol–water partition coefficient (Wildman–Crippen LogP) is 5.47. The summed E-state index contributed by atoms with van der Waals surface area (Å²) in [7, 11) is 0. The smallest absolute Gasteiger partial charge is 0.275 e. The van der Waals surface area contributed by atoms with E-state index in [1.807, 2.05) is 32.9 Å². The molecule has 3 aromatic heterocycles. The molecule has 0 unspecified atom stereocenters. The Morgan fingerprint density at radius 3 is 2.61 bits per heavy atom. The molecule has 3 rings (SSSR count). The molecule has 146 valence electrons. The van der Waals surface area contributed by atoms with E-state index in [2.05, 4.69) is 20.3 Å². The fourth-order valence-corrected chi connectivity index (χ4v) is 2.49. The Bertz CT molecular complexity index is 947. The Kier molecular flexibility index (Phi) is 7.89. The third-order valence-electron chi connectivity index (χ3n) is 3.49. The Morgan fingerprint density at radius 2 is 1.89 bits per heavy atom. The van der Waals surface area contributed by atoms with Crippen molar-refractivity contribution in [3.8, 4) is 11.5 Å². The largest absolute Gasteiger partial charge is 0.456 e. The third-order valence-corrected chi connectivity index (χ3v) is 3.69. The summed E-state index contributed by atoms with van der Waals surface area (Å²) in [5.74, 6) is 1.08. The molecule has 0 saturated heterocycles. The number of nitrogens with zero attached hydrogens (tertiary/aromatic N) is 3. The van der Waals surface area contributed by atoms with Crippen molar-refractivity contribution in [1.82, 2.24) is 15.0 Å². The lowest BCUT2D eigenvalue weighted by Crippen LogP contribution is -2.15. The number of ether oxygens (including phenoxy) is 1. The molecule has 1 amide bonds. The number of aromatic nitrogens is 3. The van der Waals surface area contributed by atoms with Crippen LogP contribution in [0, 0.1) is 6.92 Å². The quantitative estimate of drug-likeness (QED) is 0.616. The van der Waals surface area contributed by atoms with Crippen LogP contribution in [-0.2, 0) is 6.42 Å². The second-order valence-electron chi connectivity index (χ2n) is 5.59. The Hall–Kier alpha value is -2.99. The maximum Gasteiger partial charge on any atom is 0.275 e. The first-order valence-corrected chi connectivity index (χ1v) is 9.45. The molecule has 6 nitrogen and oxygen atoms in total. The maximum absolute atomic E-state index is 12.5. The molecule has 0 radical (unpaired) electrons. The van der Waals surface area contributed by atoms with Crippen LogP contribution in [0.4, 0.5) is 5.82 Å². The predicted molar refractivity (Wildman–Crippen MR) is 111 cm³/mol. The molecule has 0 spiro atoms. The second kappa shape index (κ2) is 10.4. The van der Waals surface area contributed by atoms with E-state index in [4.69, 9.17) is 16.3 Å². The normalized spacial score (nSPS) is 9.89. The summed E-state index contributed by atoms with van der Waals surface area (Å²) >= 11 is 5.91. The number of carbonyl (C=O) groups is 1. The van der Waals surface area contributed by atoms with E-state index in [-0.39, 0.29) is 11.6 Å². The lowest BCUT2D eigenvalue weighted by atomic mass is 10.2. The molecule has 0 aliphatic heterocycles. The number of nitrogens with one attached hydrogen (secondary N) is 1.